The van der Waals surface area contributed by atoms with Gasteiger partial charge in [-0.3, -0.25) is 5.10 Å². The zero-order valence-corrected chi connectivity index (χ0v) is 8.43. The molecule has 0 saturated heterocycles. The van der Waals surface area contributed by atoms with Crippen molar-refractivity contribution >= 4 is 15.7 Å². The number of rotatable bonds is 3. The zero-order valence-electron chi connectivity index (χ0n) is 7.61. The van der Waals surface area contributed by atoms with Gasteiger partial charge in [0.05, 0.1) is 17.2 Å². The molecule has 1 aromatic heterocycles. The molecule has 1 heterocycles. The molecule has 1 aromatic rings. The Balaban J connectivity index is 2.88. The maximum Gasteiger partial charge on any atom is 0.156 e. The first-order valence-corrected chi connectivity index (χ1v) is 5.64. The highest BCUT2D eigenvalue weighted by atomic mass is 32.2. The molecule has 0 unspecified atom stereocenters. The van der Waals surface area contributed by atoms with Gasteiger partial charge in [0, 0.05) is 5.56 Å². The summed E-state index contributed by atoms with van der Waals surface area (Å²) in [5.74, 6) is 0.275. The SMILES string of the molecule is CC(C)S(=O)(=O)Cc1cn[nH]c1N. The van der Waals surface area contributed by atoms with Crippen molar-refractivity contribution in [1.82, 2.24) is 10.2 Å². The summed E-state index contributed by atoms with van der Waals surface area (Å²) in [6.07, 6.45) is 1.44. The van der Waals surface area contributed by atoms with Crippen molar-refractivity contribution in [2.24, 2.45) is 0 Å². The topological polar surface area (TPSA) is 88.8 Å². The molecule has 0 aromatic carbocycles. The predicted molar refractivity (Wildman–Crippen MR) is 50.8 cm³/mol. The minimum absolute atomic E-state index is 0.0486. The molecule has 0 atom stereocenters. The van der Waals surface area contributed by atoms with Crippen molar-refractivity contribution in [3.05, 3.63) is 11.8 Å². The van der Waals surface area contributed by atoms with E-state index in [2.05, 4.69) is 10.2 Å². The summed E-state index contributed by atoms with van der Waals surface area (Å²) in [7, 11) is -3.08. The smallest absolute Gasteiger partial charge is 0.156 e. The lowest BCUT2D eigenvalue weighted by atomic mass is 10.4. The summed E-state index contributed by atoms with van der Waals surface area (Å²) in [5.41, 5.74) is 6.00. The van der Waals surface area contributed by atoms with E-state index in [-0.39, 0.29) is 11.0 Å². The molecule has 0 spiro atoms. The summed E-state index contributed by atoms with van der Waals surface area (Å²) in [4.78, 5) is 0. The third-order valence-corrected chi connectivity index (χ3v) is 3.98. The van der Waals surface area contributed by atoms with Crippen LogP contribution in [0.4, 0.5) is 5.82 Å². The van der Waals surface area contributed by atoms with Crippen LogP contribution >= 0.6 is 0 Å². The van der Waals surface area contributed by atoms with Crippen molar-refractivity contribution in [2.75, 3.05) is 5.73 Å². The minimum Gasteiger partial charge on any atom is -0.384 e. The normalized spacial score (nSPS) is 12.2. The number of nitrogen functional groups attached to an aromatic ring is 1. The zero-order chi connectivity index (χ0) is 10.1. The van der Waals surface area contributed by atoms with Crippen LogP contribution < -0.4 is 5.73 Å². The highest BCUT2D eigenvalue weighted by Gasteiger charge is 2.18. The molecule has 6 heteroatoms. The predicted octanol–water partition coefficient (Wildman–Crippen LogP) is 0.315. The molecule has 0 bridgehead atoms. The number of sulfone groups is 1. The molecule has 0 aliphatic heterocycles. The fourth-order valence-electron chi connectivity index (χ4n) is 0.820. The fourth-order valence-corrected chi connectivity index (χ4v) is 1.82. The molecule has 13 heavy (non-hydrogen) atoms. The highest BCUT2D eigenvalue weighted by molar-refractivity contribution is 7.91. The van der Waals surface area contributed by atoms with Gasteiger partial charge in [-0.1, -0.05) is 0 Å². The van der Waals surface area contributed by atoms with Gasteiger partial charge < -0.3 is 5.73 Å². The molecule has 0 aliphatic rings. The summed E-state index contributed by atoms with van der Waals surface area (Å²) in [6, 6.07) is 0. The molecule has 0 aliphatic carbocycles. The Bertz CT molecular complexity index is 380. The second-order valence-electron chi connectivity index (χ2n) is 3.16. The molecular weight excluding hydrogens is 190 g/mol. The standard InChI is InChI=1S/C7H13N3O2S/c1-5(2)13(11,12)4-6-3-9-10-7(6)8/h3,5H,4H2,1-2H3,(H3,8,9,10). The number of H-pyrrole nitrogens is 1. The Hall–Kier alpha value is -1.04. The molecule has 1 rings (SSSR count). The second kappa shape index (κ2) is 3.37. The number of aromatic nitrogens is 2. The van der Waals surface area contributed by atoms with Gasteiger partial charge in [-0.25, -0.2) is 8.42 Å². The van der Waals surface area contributed by atoms with Gasteiger partial charge in [0.25, 0.3) is 0 Å². The van der Waals surface area contributed by atoms with Crippen LogP contribution in [0.25, 0.3) is 0 Å². The van der Waals surface area contributed by atoms with Crippen LogP contribution in [0.2, 0.25) is 0 Å². The van der Waals surface area contributed by atoms with Crippen molar-refractivity contribution < 1.29 is 8.42 Å². The van der Waals surface area contributed by atoms with Gasteiger partial charge in [0.15, 0.2) is 9.84 Å². The van der Waals surface area contributed by atoms with Crippen molar-refractivity contribution in [2.45, 2.75) is 24.9 Å². The quantitative estimate of drug-likeness (QED) is 0.740. The van der Waals surface area contributed by atoms with Crippen molar-refractivity contribution in [1.29, 1.82) is 0 Å². The van der Waals surface area contributed by atoms with E-state index in [1.54, 1.807) is 13.8 Å². The summed E-state index contributed by atoms with van der Waals surface area (Å²) in [5, 5.41) is 5.76. The van der Waals surface area contributed by atoms with E-state index >= 15 is 0 Å². The van der Waals surface area contributed by atoms with E-state index < -0.39 is 9.84 Å². The van der Waals surface area contributed by atoms with Crippen LogP contribution in [0.5, 0.6) is 0 Å². The molecule has 74 valence electrons. The lowest BCUT2D eigenvalue weighted by Crippen LogP contribution is -2.16. The third kappa shape index (κ3) is 2.21. The van der Waals surface area contributed by atoms with Crippen LogP contribution in [0.3, 0.4) is 0 Å². The van der Waals surface area contributed by atoms with E-state index in [1.807, 2.05) is 0 Å². The first-order chi connectivity index (χ1) is 5.93. The van der Waals surface area contributed by atoms with Gasteiger partial charge in [0.1, 0.15) is 5.82 Å². The average Bonchev–Trinajstić information content (AvgIpc) is 2.35. The van der Waals surface area contributed by atoms with Gasteiger partial charge in [-0.2, -0.15) is 5.10 Å². The van der Waals surface area contributed by atoms with E-state index in [4.69, 9.17) is 5.73 Å². The lowest BCUT2D eigenvalue weighted by Gasteiger charge is -2.05. The van der Waals surface area contributed by atoms with Crippen molar-refractivity contribution in [3.63, 3.8) is 0 Å². The number of nitrogens with one attached hydrogen (secondary N) is 1. The Morgan fingerprint density at radius 1 is 1.62 bits per heavy atom. The van der Waals surface area contributed by atoms with Gasteiger partial charge >= 0.3 is 0 Å². The molecule has 0 radical (unpaired) electrons. The largest absolute Gasteiger partial charge is 0.384 e. The fraction of sp³-hybridized carbons (Fsp3) is 0.571. The number of nitrogens with two attached hydrogens (primary N) is 1. The van der Waals surface area contributed by atoms with E-state index in [1.165, 1.54) is 6.20 Å². The van der Waals surface area contributed by atoms with Crippen LogP contribution in [0.15, 0.2) is 6.20 Å². The Kier molecular flexibility index (Phi) is 2.60. The molecule has 0 amide bonds. The van der Waals surface area contributed by atoms with Gasteiger partial charge in [-0.15, -0.1) is 0 Å². The van der Waals surface area contributed by atoms with Crippen LogP contribution in [0.1, 0.15) is 19.4 Å². The molecule has 5 nitrogen and oxygen atoms in total. The first kappa shape index (κ1) is 10.0. The van der Waals surface area contributed by atoms with Crippen molar-refractivity contribution in [3.8, 4) is 0 Å². The van der Waals surface area contributed by atoms with E-state index in [0.717, 1.165) is 0 Å². The molecule has 3 N–H and O–H groups in total. The van der Waals surface area contributed by atoms with Crippen LogP contribution in [-0.2, 0) is 15.6 Å². The minimum atomic E-state index is -3.08. The monoisotopic (exact) mass is 203 g/mol. The lowest BCUT2D eigenvalue weighted by molar-refractivity contribution is 0.586. The van der Waals surface area contributed by atoms with Crippen LogP contribution in [-0.4, -0.2) is 23.9 Å². The first-order valence-electron chi connectivity index (χ1n) is 3.93. The summed E-state index contributed by atoms with van der Waals surface area (Å²) in [6.45, 7) is 3.29. The highest BCUT2D eigenvalue weighted by Crippen LogP contribution is 2.14. The average molecular weight is 203 g/mol. The van der Waals surface area contributed by atoms with E-state index in [0.29, 0.717) is 11.4 Å². The maximum atomic E-state index is 11.5. The molecule has 0 fully saturated rings. The Morgan fingerprint density at radius 2 is 2.23 bits per heavy atom. The van der Waals surface area contributed by atoms with Gasteiger partial charge in [-0.05, 0) is 13.8 Å². The number of anilines is 1. The Labute approximate surface area is 77.3 Å². The van der Waals surface area contributed by atoms with Crippen LogP contribution in [0, 0.1) is 0 Å². The summed E-state index contributed by atoms with van der Waals surface area (Å²) >= 11 is 0. The molecular formula is C7H13N3O2S. The third-order valence-electron chi connectivity index (χ3n) is 1.83. The second-order valence-corrected chi connectivity index (χ2v) is 5.72. The number of hydrogen-bond donors (Lipinski definition) is 2. The summed E-state index contributed by atoms with van der Waals surface area (Å²) < 4.78 is 22.9. The number of aromatic amines is 1. The molecule has 0 saturated carbocycles. The Morgan fingerprint density at radius 3 is 2.62 bits per heavy atom. The van der Waals surface area contributed by atoms with E-state index in [9.17, 15) is 8.42 Å². The number of hydrogen-bond acceptors (Lipinski definition) is 4. The maximum absolute atomic E-state index is 11.5. The van der Waals surface area contributed by atoms with Gasteiger partial charge in [0.2, 0.25) is 0 Å². The number of nitrogens with zero attached hydrogens (tertiary/aromatic N) is 1.